The fraction of sp³-hybridized carbons (Fsp3) is 0.818. The lowest BCUT2D eigenvalue weighted by Gasteiger charge is -2.43. The molecule has 3 rings (SSSR count). The zero-order valence-electron chi connectivity index (χ0n) is 17.7. The van der Waals surface area contributed by atoms with Gasteiger partial charge in [-0.1, -0.05) is 6.42 Å². The fourth-order valence-corrected chi connectivity index (χ4v) is 4.93. The van der Waals surface area contributed by atoms with Crippen LogP contribution in [0.4, 0.5) is 0 Å². The molecule has 0 unspecified atom stereocenters. The van der Waals surface area contributed by atoms with Gasteiger partial charge in [-0.05, 0) is 65.5 Å². The number of piperidine rings is 3. The minimum absolute atomic E-state index is 0.225. The van der Waals surface area contributed by atoms with Crippen LogP contribution in [0, 0.1) is 17.9 Å². The number of nitrogens with one attached hydrogen (secondary N) is 1. The van der Waals surface area contributed by atoms with Crippen molar-refractivity contribution in [1.82, 2.24) is 20.0 Å². The first-order chi connectivity index (χ1) is 13.6. The van der Waals surface area contributed by atoms with Gasteiger partial charge < -0.3 is 20.0 Å². The van der Waals surface area contributed by atoms with Crippen LogP contribution < -0.4 is 5.32 Å². The van der Waals surface area contributed by atoms with Gasteiger partial charge in [-0.3, -0.25) is 0 Å². The molecule has 0 aromatic rings. The monoisotopic (exact) mass is 384 g/mol. The van der Waals surface area contributed by atoms with Gasteiger partial charge in [-0.25, -0.2) is 10.1 Å². The highest BCUT2D eigenvalue weighted by atomic mass is 15.3. The van der Waals surface area contributed by atoms with Crippen molar-refractivity contribution >= 4 is 0 Å². The van der Waals surface area contributed by atoms with Gasteiger partial charge >= 0.3 is 0 Å². The van der Waals surface area contributed by atoms with Gasteiger partial charge in [0.25, 0.3) is 5.70 Å². The smallest absolute Gasteiger partial charge is 0.300 e. The van der Waals surface area contributed by atoms with Gasteiger partial charge in [0.05, 0.1) is 12.6 Å². The molecule has 0 aromatic heterocycles. The zero-order chi connectivity index (χ0) is 19.9. The van der Waals surface area contributed by atoms with E-state index in [1.165, 1.54) is 32.4 Å². The summed E-state index contributed by atoms with van der Waals surface area (Å²) in [4.78, 5) is 11.0. The quantitative estimate of drug-likeness (QED) is 0.583. The molecule has 28 heavy (non-hydrogen) atoms. The van der Waals surface area contributed by atoms with E-state index in [2.05, 4.69) is 44.8 Å². The molecule has 0 aromatic carbocycles. The van der Waals surface area contributed by atoms with Crippen LogP contribution in [-0.2, 0) is 0 Å². The summed E-state index contributed by atoms with van der Waals surface area (Å²) in [6, 6.07) is 3.75. The molecule has 0 aliphatic carbocycles. The number of allylic oxidation sites excluding steroid dienone is 1. The lowest BCUT2D eigenvalue weighted by atomic mass is 9.99. The second-order valence-electron chi connectivity index (χ2n) is 8.78. The van der Waals surface area contributed by atoms with E-state index in [-0.39, 0.29) is 5.70 Å². The maximum absolute atomic E-state index is 9.52. The first-order valence-corrected chi connectivity index (χ1v) is 11.1. The lowest BCUT2D eigenvalue weighted by molar-refractivity contribution is 0.0989. The van der Waals surface area contributed by atoms with Gasteiger partial charge in [0.15, 0.2) is 0 Å². The summed E-state index contributed by atoms with van der Waals surface area (Å²) in [5, 5.41) is 13.1. The van der Waals surface area contributed by atoms with Crippen molar-refractivity contribution in [3.63, 3.8) is 0 Å². The number of hydrogen-bond donors (Lipinski definition) is 1. The molecule has 3 aliphatic rings. The van der Waals surface area contributed by atoms with Crippen LogP contribution in [0.1, 0.15) is 58.8 Å². The maximum Gasteiger partial charge on any atom is 0.300 e. The second kappa shape index (κ2) is 10.1. The third kappa shape index (κ3) is 5.19. The van der Waals surface area contributed by atoms with Crippen molar-refractivity contribution < 1.29 is 0 Å². The molecule has 3 fully saturated rings. The average molecular weight is 385 g/mol. The van der Waals surface area contributed by atoms with Crippen molar-refractivity contribution in [1.29, 1.82) is 5.26 Å². The van der Waals surface area contributed by atoms with Gasteiger partial charge in [0.2, 0.25) is 0 Å². The molecule has 0 atom stereocenters. The number of rotatable bonds is 5. The van der Waals surface area contributed by atoms with Crippen LogP contribution in [0.25, 0.3) is 4.85 Å². The predicted molar refractivity (Wildman–Crippen MR) is 112 cm³/mol. The lowest BCUT2D eigenvalue weighted by Crippen LogP contribution is -2.50. The molecule has 154 valence electrons. The fourth-order valence-electron chi connectivity index (χ4n) is 4.93. The summed E-state index contributed by atoms with van der Waals surface area (Å²) in [5.74, 6) is 0.789. The van der Waals surface area contributed by atoms with E-state index in [0.717, 1.165) is 57.7 Å². The molecular formula is C22H36N6. The van der Waals surface area contributed by atoms with Gasteiger partial charge in [0, 0.05) is 44.3 Å². The molecule has 3 heterocycles. The van der Waals surface area contributed by atoms with Gasteiger partial charge in [-0.2, -0.15) is 0 Å². The predicted octanol–water partition coefficient (Wildman–Crippen LogP) is 3.01. The van der Waals surface area contributed by atoms with E-state index in [1.54, 1.807) is 0 Å². The molecule has 1 N–H and O–H groups in total. The average Bonchev–Trinajstić information content (AvgIpc) is 2.75. The Morgan fingerprint density at radius 3 is 2.18 bits per heavy atom. The van der Waals surface area contributed by atoms with Crippen LogP contribution >= 0.6 is 0 Å². The highest BCUT2D eigenvalue weighted by molar-refractivity contribution is 5.32. The summed E-state index contributed by atoms with van der Waals surface area (Å²) >= 11 is 0. The molecule has 0 bridgehead atoms. The molecule has 0 saturated carbocycles. The topological polar surface area (TPSA) is 49.9 Å². The van der Waals surface area contributed by atoms with Crippen LogP contribution in [-0.4, -0.2) is 72.1 Å². The van der Waals surface area contributed by atoms with Crippen molar-refractivity contribution in [2.75, 3.05) is 39.3 Å². The minimum Gasteiger partial charge on any atom is -0.377 e. The van der Waals surface area contributed by atoms with E-state index in [1.807, 2.05) is 0 Å². The first kappa shape index (κ1) is 21.0. The molecule has 6 nitrogen and oxygen atoms in total. The van der Waals surface area contributed by atoms with E-state index < -0.39 is 0 Å². The third-order valence-electron chi connectivity index (χ3n) is 6.73. The minimum atomic E-state index is 0.225. The summed E-state index contributed by atoms with van der Waals surface area (Å²) < 4.78 is 0. The number of likely N-dealkylation sites (tertiary alicyclic amines) is 3. The van der Waals surface area contributed by atoms with Gasteiger partial charge in [-0.15, -0.1) is 0 Å². The van der Waals surface area contributed by atoms with Crippen LogP contribution in [0.2, 0.25) is 0 Å². The molecule has 0 amide bonds. The van der Waals surface area contributed by atoms with Gasteiger partial charge in [0.1, 0.15) is 5.82 Å². The van der Waals surface area contributed by atoms with Crippen LogP contribution in [0.5, 0.6) is 0 Å². The normalized spacial score (nSPS) is 24.5. The molecule has 3 aliphatic heterocycles. The highest BCUT2D eigenvalue weighted by Gasteiger charge is 2.29. The number of nitriles is 1. The Bertz CT molecular complexity index is 590. The maximum atomic E-state index is 9.52. The Hall–Kier alpha value is -1.76. The van der Waals surface area contributed by atoms with Crippen molar-refractivity contribution in [2.24, 2.45) is 0 Å². The van der Waals surface area contributed by atoms with Crippen LogP contribution in [0.15, 0.2) is 11.5 Å². The van der Waals surface area contributed by atoms with E-state index >= 15 is 0 Å². The number of hydrogen-bond acceptors (Lipinski definition) is 5. The standard InChI is InChI=1S/C22H36N6/c1-18(2)26-13-7-19(8-14-26)25-22(21(17-23)24-3)28-15-9-20(10-16-28)27-11-5-4-6-12-27/h18-20,25H,4-16H2,1-2H3/b22-21+. The summed E-state index contributed by atoms with van der Waals surface area (Å²) in [5.41, 5.74) is 0.225. The Morgan fingerprint density at radius 2 is 1.64 bits per heavy atom. The SMILES string of the molecule is [C-]#[N+]/C(C#N)=C(\NC1CCN(C(C)C)CC1)N1CCC(N2CCCCC2)CC1. The Morgan fingerprint density at radius 1 is 1.00 bits per heavy atom. The summed E-state index contributed by atoms with van der Waals surface area (Å²) in [6.07, 6.45) is 8.45. The molecule has 3 saturated heterocycles. The van der Waals surface area contributed by atoms with Crippen molar-refractivity contribution in [2.45, 2.75) is 76.9 Å². The van der Waals surface area contributed by atoms with E-state index in [9.17, 15) is 5.26 Å². The summed E-state index contributed by atoms with van der Waals surface area (Å²) in [6.45, 7) is 18.5. The third-order valence-corrected chi connectivity index (χ3v) is 6.73. The zero-order valence-corrected chi connectivity index (χ0v) is 17.7. The molecular weight excluding hydrogens is 348 g/mol. The molecule has 0 radical (unpaired) electrons. The molecule has 6 heteroatoms. The van der Waals surface area contributed by atoms with Crippen LogP contribution in [0.3, 0.4) is 0 Å². The number of nitrogens with zero attached hydrogens (tertiary/aromatic N) is 5. The first-order valence-electron chi connectivity index (χ1n) is 11.1. The molecule has 0 spiro atoms. The second-order valence-corrected chi connectivity index (χ2v) is 8.78. The Kier molecular flexibility index (Phi) is 7.59. The Balaban J connectivity index is 1.60. The van der Waals surface area contributed by atoms with E-state index in [4.69, 9.17) is 6.57 Å². The Labute approximate surface area is 171 Å². The summed E-state index contributed by atoms with van der Waals surface area (Å²) in [7, 11) is 0. The highest BCUT2D eigenvalue weighted by Crippen LogP contribution is 2.24. The van der Waals surface area contributed by atoms with Crippen molar-refractivity contribution in [3.05, 3.63) is 22.9 Å². The van der Waals surface area contributed by atoms with E-state index in [0.29, 0.717) is 18.1 Å². The largest absolute Gasteiger partial charge is 0.377 e. The van der Waals surface area contributed by atoms with Crippen molar-refractivity contribution in [3.8, 4) is 6.07 Å².